The zero-order chi connectivity index (χ0) is 10.4. The topological polar surface area (TPSA) is 48.1 Å². The predicted octanol–water partition coefficient (Wildman–Crippen LogP) is 2.28. The van der Waals surface area contributed by atoms with Gasteiger partial charge in [-0.2, -0.15) is 0 Å². The van der Waals surface area contributed by atoms with E-state index < -0.39 is 0 Å². The molecule has 2 N–H and O–H groups in total. The highest BCUT2D eigenvalue weighted by Crippen LogP contribution is 2.14. The molecule has 0 saturated heterocycles. The lowest BCUT2D eigenvalue weighted by atomic mass is 10.1. The van der Waals surface area contributed by atoms with E-state index in [1.807, 2.05) is 19.1 Å². The SMILES string of the molecule is CCCOc1ccc(C(N)CC)nc1. The third-order valence-electron chi connectivity index (χ3n) is 2.05. The second-order valence-corrected chi connectivity index (χ2v) is 3.28. The van der Waals surface area contributed by atoms with Crippen molar-refractivity contribution in [2.24, 2.45) is 5.73 Å². The first-order valence-electron chi connectivity index (χ1n) is 5.12. The normalized spacial score (nSPS) is 12.5. The maximum atomic E-state index is 5.84. The van der Waals surface area contributed by atoms with E-state index in [4.69, 9.17) is 10.5 Å². The molecule has 0 aliphatic carbocycles. The maximum absolute atomic E-state index is 5.84. The molecule has 78 valence electrons. The highest BCUT2D eigenvalue weighted by Gasteiger charge is 2.04. The first kappa shape index (κ1) is 11.0. The standard InChI is InChI=1S/C11H18N2O/c1-3-7-14-9-5-6-11(13-8-9)10(12)4-2/h5-6,8,10H,3-4,7,12H2,1-2H3. The van der Waals surface area contributed by atoms with E-state index in [-0.39, 0.29) is 6.04 Å². The lowest BCUT2D eigenvalue weighted by molar-refractivity contribution is 0.316. The number of aromatic nitrogens is 1. The first-order valence-corrected chi connectivity index (χ1v) is 5.12. The summed E-state index contributed by atoms with van der Waals surface area (Å²) >= 11 is 0. The summed E-state index contributed by atoms with van der Waals surface area (Å²) in [5.74, 6) is 0.818. The minimum atomic E-state index is 0.0372. The number of rotatable bonds is 5. The number of nitrogens with two attached hydrogens (primary N) is 1. The fourth-order valence-corrected chi connectivity index (χ4v) is 1.13. The van der Waals surface area contributed by atoms with Gasteiger partial charge in [-0.15, -0.1) is 0 Å². The summed E-state index contributed by atoms with van der Waals surface area (Å²) in [6.45, 7) is 4.86. The molecule has 0 saturated carbocycles. The summed E-state index contributed by atoms with van der Waals surface area (Å²) in [6, 6.07) is 3.89. The second-order valence-electron chi connectivity index (χ2n) is 3.28. The van der Waals surface area contributed by atoms with Gasteiger partial charge in [-0.1, -0.05) is 13.8 Å². The Morgan fingerprint density at radius 3 is 2.71 bits per heavy atom. The van der Waals surface area contributed by atoms with Gasteiger partial charge in [0.2, 0.25) is 0 Å². The number of pyridine rings is 1. The van der Waals surface area contributed by atoms with Crippen LogP contribution in [0.4, 0.5) is 0 Å². The van der Waals surface area contributed by atoms with Gasteiger partial charge in [0.05, 0.1) is 18.5 Å². The van der Waals surface area contributed by atoms with Crippen molar-refractivity contribution in [1.29, 1.82) is 0 Å². The van der Waals surface area contributed by atoms with Crippen LogP contribution in [-0.4, -0.2) is 11.6 Å². The molecule has 3 nitrogen and oxygen atoms in total. The van der Waals surface area contributed by atoms with Crippen molar-refractivity contribution in [1.82, 2.24) is 4.98 Å². The molecule has 0 radical (unpaired) electrons. The van der Waals surface area contributed by atoms with Crippen LogP contribution in [0.5, 0.6) is 5.75 Å². The van der Waals surface area contributed by atoms with Gasteiger partial charge in [0.15, 0.2) is 0 Å². The molecule has 14 heavy (non-hydrogen) atoms. The molecule has 0 bridgehead atoms. The fraction of sp³-hybridized carbons (Fsp3) is 0.545. The summed E-state index contributed by atoms with van der Waals surface area (Å²) in [5, 5.41) is 0. The molecule has 1 aromatic rings. The smallest absolute Gasteiger partial charge is 0.137 e. The zero-order valence-electron chi connectivity index (χ0n) is 8.86. The molecule has 1 aromatic heterocycles. The van der Waals surface area contributed by atoms with E-state index in [2.05, 4.69) is 11.9 Å². The van der Waals surface area contributed by atoms with Crippen molar-refractivity contribution >= 4 is 0 Å². The van der Waals surface area contributed by atoms with Gasteiger partial charge < -0.3 is 10.5 Å². The van der Waals surface area contributed by atoms with E-state index in [9.17, 15) is 0 Å². The van der Waals surface area contributed by atoms with E-state index in [1.54, 1.807) is 6.20 Å². The van der Waals surface area contributed by atoms with Crippen molar-refractivity contribution in [3.05, 3.63) is 24.0 Å². The van der Waals surface area contributed by atoms with E-state index in [0.29, 0.717) is 0 Å². The van der Waals surface area contributed by atoms with Gasteiger partial charge in [-0.3, -0.25) is 4.98 Å². The fourth-order valence-electron chi connectivity index (χ4n) is 1.13. The van der Waals surface area contributed by atoms with Crippen LogP contribution in [0.3, 0.4) is 0 Å². The molecule has 0 amide bonds. The molecule has 1 unspecified atom stereocenters. The minimum Gasteiger partial charge on any atom is -0.492 e. The number of hydrogen-bond donors (Lipinski definition) is 1. The van der Waals surface area contributed by atoms with Gasteiger partial charge in [-0.05, 0) is 25.0 Å². The van der Waals surface area contributed by atoms with Crippen molar-refractivity contribution in [2.45, 2.75) is 32.7 Å². The largest absolute Gasteiger partial charge is 0.492 e. The Bertz CT molecular complexity index is 258. The van der Waals surface area contributed by atoms with Crippen molar-refractivity contribution in [2.75, 3.05) is 6.61 Å². The summed E-state index contributed by atoms with van der Waals surface area (Å²) in [5.41, 5.74) is 6.77. The Hall–Kier alpha value is -1.09. The van der Waals surface area contributed by atoms with Crippen LogP contribution in [-0.2, 0) is 0 Å². The molecule has 0 aliphatic heterocycles. The summed E-state index contributed by atoms with van der Waals surface area (Å²) in [7, 11) is 0. The van der Waals surface area contributed by atoms with Crippen LogP contribution in [0.1, 0.15) is 38.4 Å². The lowest BCUT2D eigenvalue weighted by Crippen LogP contribution is -2.10. The van der Waals surface area contributed by atoms with Gasteiger partial charge >= 0.3 is 0 Å². The van der Waals surface area contributed by atoms with Crippen LogP contribution in [0.15, 0.2) is 18.3 Å². The van der Waals surface area contributed by atoms with Gasteiger partial charge in [0.25, 0.3) is 0 Å². The van der Waals surface area contributed by atoms with Crippen molar-refractivity contribution in [3.63, 3.8) is 0 Å². The average Bonchev–Trinajstić information content (AvgIpc) is 2.26. The molecule has 0 fully saturated rings. The van der Waals surface area contributed by atoms with Crippen molar-refractivity contribution in [3.8, 4) is 5.75 Å². The monoisotopic (exact) mass is 194 g/mol. The number of nitrogens with zero attached hydrogens (tertiary/aromatic N) is 1. The summed E-state index contributed by atoms with van der Waals surface area (Å²) < 4.78 is 5.42. The predicted molar refractivity (Wildman–Crippen MR) is 57.2 cm³/mol. The molecule has 1 heterocycles. The van der Waals surface area contributed by atoms with E-state index in [0.717, 1.165) is 30.9 Å². The molecular formula is C11H18N2O. The Morgan fingerprint density at radius 2 is 2.21 bits per heavy atom. The Labute approximate surface area is 85.3 Å². The van der Waals surface area contributed by atoms with Crippen molar-refractivity contribution < 1.29 is 4.74 Å². The highest BCUT2D eigenvalue weighted by atomic mass is 16.5. The zero-order valence-corrected chi connectivity index (χ0v) is 8.86. The van der Waals surface area contributed by atoms with Crippen LogP contribution in [0, 0.1) is 0 Å². The highest BCUT2D eigenvalue weighted by molar-refractivity contribution is 5.21. The van der Waals surface area contributed by atoms with Crippen LogP contribution < -0.4 is 10.5 Å². The van der Waals surface area contributed by atoms with Crippen LogP contribution in [0.2, 0.25) is 0 Å². The summed E-state index contributed by atoms with van der Waals surface area (Å²) in [6.07, 6.45) is 3.65. The second kappa shape index (κ2) is 5.60. The molecule has 0 aliphatic rings. The molecular weight excluding hydrogens is 176 g/mol. The third kappa shape index (κ3) is 3.00. The Morgan fingerprint density at radius 1 is 1.43 bits per heavy atom. The molecule has 3 heteroatoms. The molecule has 0 aromatic carbocycles. The molecule has 1 atom stereocenters. The van der Waals surface area contributed by atoms with E-state index in [1.165, 1.54) is 0 Å². The number of ether oxygens (including phenoxy) is 1. The maximum Gasteiger partial charge on any atom is 0.137 e. The first-order chi connectivity index (χ1) is 6.77. The number of hydrogen-bond acceptors (Lipinski definition) is 3. The minimum absolute atomic E-state index is 0.0372. The van der Waals surface area contributed by atoms with E-state index >= 15 is 0 Å². The average molecular weight is 194 g/mol. The van der Waals surface area contributed by atoms with Gasteiger partial charge in [0, 0.05) is 6.04 Å². The van der Waals surface area contributed by atoms with Crippen LogP contribution in [0.25, 0.3) is 0 Å². The quantitative estimate of drug-likeness (QED) is 0.782. The summed E-state index contributed by atoms with van der Waals surface area (Å²) in [4.78, 5) is 4.25. The Kier molecular flexibility index (Phi) is 4.40. The van der Waals surface area contributed by atoms with Gasteiger partial charge in [-0.25, -0.2) is 0 Å². The molecule has 1 rings (SSSR count). The third-order valence-corrected chi connectivity index (χ3v) is 2.05. The van der Waals surface area contributed by atoms with Gasteiger partial charge in [0.1, 0.15) is 5.75 Å². The molecule has 0 spiro atoms. The Balaban J connectivity index is 2.59. The lowest BCUT2D eigenvalue weighted by Gasteiger charge is -2.09. The van der Waals surface area contributed by atoms with Crippen LogP contribution >= 0.6 is 0 Å².